The van der Waals surface area contributed by atoms with Gasteiger partial charge < -0.3 is 19.5 Å². The van der Waals surface area contributed by atoms with Gasteiger partial charge in [0.05, 0.1) is 31.0 Å². The number of allylic oxidation sites excluding steroid dienone is 1. The number of methoxy groups -OCH3 is 1. The van der Waals surface area contributed by atoms with Crippen LogP contribution < -0.4 is 4.74 Å². The number of benzene rings is 1. The molecule has 140 valence electrons. The average molecular weight is 357 g/mol. The van der Waals surface area contributed by atoms with E-state index in [1.54, 1.807) is 13.4 Å². The summed E-state index contributed by atoms with van der Waals surface area (Å²) in [4.78, 5) is 15.6. The Morgan fingerprint density at radius 1 is 1.23 bits per heavy atom. The Bertz CT molecular complexity index is 695. The number of Topliss-reactive ketones (excluding diaryl/α,β-unsaturated/α-hetero) is 1. The standard InChI is InChI=1S/C21H27NO4/c1-25-19-7-3-2-6-14(19)17-13-26-21-15(20(17)24)8-9-18(23)16(21)12-22-10-4-5-11-22/h2-3,6-7,13,15-16,18,21,23H,4-5,8-12H2,1H3. The summed E-state index contributed by atoms with van der Waals surface area (Å²) in [6, 6.07) is 7.55. The average Bonchev–Trinajstić information content (AvgIpc) is 3.17. The molecule has 26 heavy (non-hydrogen) atoms. The SMILES string of the molecule is COc1ccccc1C1=COC2C(CCC(O)C2CN2CCCC2)C1=O. The van der Waals surface area contributed by atoms with E-state index in [1.165, 1.54) is 12.8 Å². The number of para-hydroxylation sites is 1. The monoisotopic (exact) mass is 357 g/mol. The van der Waals surface area contributed by atoms with Gasteiger partial charge in [0, 0.05) is 18.0 Å². The van der Waals surface area contributed by atoms with Crippen LogP contribution in [0.25, 0.3) is 5.57 Å². The highest BCUT2D eigenvalue weighted by molar-refractivity contribution is 6.22. The number of carbonyl (C=O) groups excluding carboxylic acids is 1. The van der Waals surface area contributed by atoms with Crippen molar-refractivity contribution in [2.45, 2.75) is 37.9 Å². The summed E-state index contributed by atoms with van der Waals surface area (Å²) in [5.41, 5.74) is 1.36. The maximum Gasteiger partial charge on any atom is 0.173 e. The highest BCUT2D eigenvalue weighted by atomic mass is 16.5. The molecular formula is C21H27NO4. The largest absolute Gasteiger partial charge is 0.496 e. The van der Waals surface area contributed by atoms with Gasteiger partial charge in [-0.15, -0.1) is 0 Å². The third-order valence-corrected chi connectivity index (χ3v) is 6.10. The van der Waals surface area contributed by atoms with Crippen molar-refractivity contribution in [2.24, 2.45) is 11.8 Å². The van der Waals surface area contributed by atoms with Crippen LogP contribution in [0.15, 0.2) is 30.5 Å². The number of hydrogen-bond donors (Lipinski definition) is 1. The van der Waals surface area contributed by atoms with Crippen LogP contribution in [0.4, 0.5) is 0 Å². The Labute approximate surface area is 154 Å². The Kier molecular flexibility index (Phi) is 5.00. The topological polar surface area (TPSA) is 59.0 Å². The van der Waals surface area contributed by atoms with Crippen molar-refractivity contribution in [1.29, 1.82) is 0 Å². The van der Waals surface area contributed by atoms with E-state index in [0.29, 0.717) is 24.2 Å². The van der Waals surface area contributed by atoms with Crippen LogP contribution in [0.2, 0.25) is 0 Å². The first-order valence-electron chi connectivity index (χ1n) is 9.62. The highest BCUT2D eigenvalue weighted by Gasteiger charge is 2.47. The predicted molar refractivity (Wildman–Crippen MR) is 98.7 cm³/mol. The van der Waals surface area contributed by atoms with Gasteiger partial charge in [0.15, 0.2) is 5.78 Å². The molecule has 1 saturated heterocycles. The summed E-state index contributed by atoms with van der Waals surface area (Å²) in [5.74, 6) is 0.602. The molecule has 5 heteroatoms. The fourth-order valence-corrected chi connectivity index (χ4v) is 4.68. The minimum absolute atomic E-state index is 0.00808. The first-order chi connectivity index (χ1) is 12.7. The molecule has 2 aliphatic heterocycles. The fraction of sp³-hybridized carbons (Fsp3) is 0.571. The number of aliphatic hydroxyl groups excluding tert-OH is 1. The number of hydrogen-bond acceptors (Lipinski definition) is 5. The van der Waals surface area contributed by atoms with E-state index in [0.717, 1.165) is 25.2 Å². The molecule has 1 aromatic carbocycles. The zero-order chi connectivity index (χ0) is 18.1. The van der Waals surface area contributed by atoms with Gasteiger partial charge >= 0.3 is 0 Å². The van der Waals surface area contributed by atoms with Crippen LogP contribution in [-0.2, 0) is 9.53 Å². The van der Waals surface area contributed by atoms with Crippen LogP contribution >= 0.6 is 0 Å². The zero-order valence-electron chi connectivity index (χ0n) is 15.3. The maximum atomic E-state index is 13.2. The normalized spacial score (nSPS) is 31.9. The second kappa shape index (κ2) is 7.41. The molecule has 2 fully saturated rings. The Balaban J connectivity index is 1.59. The number of fused-ring (bicyclic) bond motifs is 1. The molecule has 4 unspecified atom stereocenters. The molecule has 2 heterocycles. The minimum Gasteiger partial charge on any atom is -0.496 e. The van der Waals surface area contributed by atoms with Gasteiger partial charge in [-0.1, -0.05) is 18.2 Å². The van der Waals surface area contributed by atoms with E-state index in [4.69, 9.17) is 9.47 Å². The van der Waals surface area contributed by atoms with Crippen LogP contribution in [0.1, 0.15) is 31.2 Å². The van der Waals surface area contributed by atoms with Crippen LogP contribution in [0, 0.1) is 11.8 Å². The summed E-state index contributed by atoms with van der Waals surface area (Å²) in [6.45, 7) is 2.97. The number of ketones is 1. The van der Waals surface area contributed by atoms with E-state index < -0.39 is 6.10 Å². The lowest BCUT2D eigenvalue weighted by molar-refractivity contribution is -0.133. The molecule has 0 amide bonds. The van der Waals surface area contributed by atoms with Gasteiger partial charge in [0.2, 0.25) is 0 Å². The minimum atomic E-state index is -0.397. The second-order valence-corrected chi connectivity index (χ2v) is 7.62. The van der Waals surface area contributed by atoms with Crippen LogP contribution in [0.3, 0.4) is 0 Å². The van der Waals surface area contributed by atoms with Gasteiger partial charge in [-0.25, -0.2) is 0 Å². The molecular weight excluding hydrogens is 330 g/mol. The Morgan fingerprint density at radius 2 is 2.00 bits per heavy atom. The molecule has 4 rings (SSSR count). The lowest BCUT2D eigenvalue weighted by Gasteiger charge is -2.43. The molecule has 4 atom stereocenters. The van der Waals surface area contributed by atoms with E-state index in [2.05, 4.69) is 4.90 Å². The molecule has 1 saturated carbocycles. The zero-order valence-corrected chi connectivity index (χ0v) is 15.3. The first-order valence-corrected chi connectivity index (χ1v) is 9.62. The van der Waals surface area contributed by atoms with Gasteiger partial charge in [0.25, 0.3) is 0 Å². The number of rotatable bonds is 4. The van der Waals surface area contributed by atoms with Gasteiger partial charge in [-0.2, -0.15) is 0 Å². The second-order valence-electron chi connectivity index (χ2n) is 7.62. The van der Waals surface area contributed by atoms with Crippen molar-refractivity contribution in [3.8, 4) is 5.75 Å². The molecule has 0 radical (unpaired) electrons. The summed E-state index contributed by atoms with van der Waals surface area (Å²) in [6.07, 6.45) is 4.73. The van der Waals surface area contributed by atoms with E-state index in [1.807, 2.05) is 24.3 Å². The number of nitrogens with zero attached hydrogens (tertiary/aromatic N) is 1. The summed E-state index contributed by atoms with van der Waals surface area (Å²) in [7, 11) is 1.61. The molecule has 0 spiro atoms. The van der Waals surface area contributed by atoms with Crippen molar-refractivity contribution in [3.63, 3.8) is 0 Å². The highest BCUT2D eigenvalue weighted by Crippen LogP contribution is 2.41. The molecule has 1 aromatic rings. The Morgan fingerprint density at radius 3 is 2.77 bits per heavy atom. The third kappa shape index (κ3) is 3.14. The summed E-state index contributed by atoms with van der Waals surface area (Å²) < 4.78 is 11.5. The van der Waals surface area contributed by atoms with Crippen molar-refractivity contribution in [3.05, 3.63) is 36.1 Å². The molecule has 3 aliphatic rings. The predicted octanol–water partition coefficient (Wildman–Crippen LogP) is 2.49. The molecule has 1 N–H and O–H groups in total. The van der Waals surface area contributed by atoms with Gasteiger partial charge in [-0.3, -0.25) is 4.79 Å². The van der Waals surface area contributed by atoms with Crippen LogP contribution in [0.5, 0.6) is 5.75 Å². The first kappa shape index (κ1) is 17.6. The molecule has 0 bridgehead atoms. The van der Waals surface area contributed by atoms with E-state index >= 15 is 0 Å². The Hall–Kier alpha value is -1.85. The van der Waals surface area contributed by atoms with Crippen LogP contribution in [-0.4, -0.2) is 54.7 Å². The molecule has 1 aliphatic carbocycles. The smallest absolute Gasteiger partial charge is 0.173 e. The van der Waals surface area contributed by atoms with Crippen molar-refractivity contribution < 1.29 is 19.4 Å². The third-order valence-electron chi connectivity index (χ3n) is 6.10. The quantitative estimate of drug-likeness (QED) is 0.897. The number of ether oxygens (including phenoxy) is 2. The van der Waals surface area contributed by atoms with Gasteiger partial charge in [0.1, 0.15) is 11.9 Å². The molecule has 5 nitrogen and oxygen atoms in total. The van der Waals surface area contributed by atoms with Gasteiger partial charge in [-0.05, 0) is 44.8 Å². The number of likely N-dealkylation sites (tertiary alicyclic amines) is 1. The van der Waals surface area contributed by atoms with Crippen molar-refractivity contribution in [2.75, 3.05) is 26.7 Å². The number of carbonyl (C=O) groups is 1. The number of aliphatic hydroxyl groups is 1. The lowest BCUT2D eigenvalue weighted by atomic mass is 9.72. The molecule has 0 aromatic heterocycles. The van der Waals surface area contributed by atoms with Crippen molar-refractivity contribution in [1.82, 2.24) is 4.90 Å². The maximum absolute atomic E-state index is 13.2. The summed E-state index contributed by atoms with van der Waals surface area (Å²) >= 11 is 0. The summed E-state index contributed by atoms with van der Waals surface area (Å²) in [5, 5.41) is 10.6. The fourth-order valence-electron chi connectivity index (χ4n) is 4.68. The lowest BCUT2D eigenvalue weighted by Crippen LogP contribution is -2.51. The van der Waals surface area contributed by atoms with Crippen molar-refractivity contribution >= 4 is 11.4 Å². The van der Waals surface area contributed by atoms with E-state index in [-0.39, 0.29) is 23.7 Å². The van der Waals surface area contributed by atoms with E-state index in [9.17, 15) is 9.90 Å².